The maximum absolute atomic E-state index is 6.33. The second kappa shape index (κ2) is 8.88. The molecule has 0 spiro atoms. The Balaban J connectivity index is 1.42. The Morgan fingerprint density at radius 2 is 1.17 bits per heavy atom. The van der Waals surface area contributed by atoms with Gasteiger partial charge in [0.2, 0.25) is 5.71 Å². The van der Waals surface area contributed by atoms with Crippen LogP contribution in [0.5, 0.6) is 0 Å². The maximum atomic E-state index is 6.33. The molecule has 3 heterocycles. The van der Waals surface area contributed by atoms with Gasteiger partial charge in [0, 0.05) is 21.7 Å². The van der Waals surface area contributed by atoms with Gasteiger partial charge >= 0.3 is 0 Å². The number of para-hydroxylation sites is 1. The molecule has 0 atom stereocenters. The zero-order chi connectivity index (χ0) is 27.6. The second-order valence-electron chi connectivity index (χ2n) is 10.7. The van der Waals surface area contributed by atoms with Crippen molar-refractivity contribution >= 4 is 54.8 Å². The first-order chi connectivity index (χ1) is 20.8. The normalized spacial score (nSPS) is 11.8. The molecule has 196 valence electrons. The molecule has 0 saturated heterocycles. The molecule has 0 aliphatic carbocycles. The van der Waals surface area contributed by atoms with Crippen molar-refractivity contribution in [3.8, 4) is 28.2 Å². The molecule has 9 rings (SSSR count). The molecule has 0 amide bonds. The van der Waals surface area contributed by atoms with Crippen LogP contribution in [0.15, 0.2) is 144 Å². The zero-order valence-corrected chi connectivity index (χ0v) is 22.5. The highest BCUT2D eigenvalue weighted by Crippen LogP contribution is 2.39. The molecule has 6 aromatic carbocycles. The molecule has 0 fully saturated rings. The van der Waals surface area contributed by atoms with E-state index in [0.717, 1.165) is 55.7 Å². The molecule has 4 nitrogen and oxygen atoms in total. The zero-order valence-electron chi connectivity index (χ0n) is 22.5. The van der Waals surface area contributed by atoms with Crippen LogP contribution in [0, 0.1) is 0 Å². The largest absolute Gasteiger partial charge is 0.436 e. The molecular weight excluding hydrogens is 514 g/mol. The summed E-state index contributed by atoms with van der Waals surface area (Å²) >= 11 is 0. The minimum Gasteiger partial charge on any atom is -0.436 e. The van der Waals surface area contributed by atoms with Crippen LogP contribution >= 0.6 is 0 Å². The first-order valence-electron chi connectivity index (χ1n) is 14.1. The number of fused-ring (bicyclic) bond motifs is 7. The molecular formula is C38H23N3O. The van der Waals surface area contributed by atoms with Gasteiger partial charge in [-0.2, -0.15) is 0 Å². The molecule has 0 aliphatic heterocycles. The predicted octanol–water partition coefficient (Wildman–Crippen LogP) is 9.96. The first kappa shape index (κ1) is 23.0. The van der Waals surface area contributed by atoms with Gasteiger partial charge in [0.1, 0.15) is 16.8 Å². The van der Waals surface area contributed by atoms with E-state index in [0.29, 0.717) is 5.71 Å². The minimum absolute atomic E-state index is 0.532. The van der Waals surface area contributed by atoms with Gasteiger partial charge in [-0.3, -0.25) is 4.57 Å². The molecule has 0 radical (unpaired) electrons. The Morgan fingerprint density at radius 3 is 1.98 bits per heavy atom. The summed E-state index contributed by atoms with van der Waals surface area (Å²) < 4.78 is 8.60. The number of hydrogen-bond acceptors (Lipinski definition) is 3. The van der Waals surface area contributed by atoms with Gasteiger partial charge in [0.25, 0.3) is 0 Å². The van der Waals surface area contributed by atoms with Crippen LogP contribution < -0.4 is 0 Å². The number of furan rings is 1. The Kier molecular flexibility index (Phi) is 4.87. The van der Waals surface area contributed by atoms with Gasteiger partial charge < -0.3 is 4.42 Å². The van der Waals surface area contributed by atoms with E-state index >= 15 is 0 Å². The number of benzene rings is 6. The standard InChI is InChI=1S/C38H23N3O/c1-3-11-24(12-4-1)28-19-20-34-31(22-28)36-38(42-34)40-35(25-13-5-2-6-14-25)37(39-36)41-32-18-10-9-17-29(32)30-21-26-15-7-8-16-27(26)23-33(30)41/h1-23H. The van der Waals surface area contributed by atoms with Crippen molar-refractivity contribution in [1.82, 2.24) is 14.5 Å². The fourth-order valence-electron chi connectivity index (χ4n) is 6.21. The highest BCUT2D eigenvalue weighted by atomic mass is 16.3. The third-order valence-electron chi connectivity index (χ3n) is 8.19. The second-order valence-corrected chi connectivity index (χ2v) is 10.7. The third-order valence-corrected chi connectivity index (χ3v) is 8.19. The first-order valence-corrected chi connectivity index (χ1v) is 14.1. The van der Waals surface area contributed by atoms with Crippen molar-refractivity contribution in [3.05, 3.63) is 140 Å². The van der Waals surface area contributed by atoms with Crippen molar-refractivity contribution in [2.45, 2.75) is 0 Å². The van der Waals surface area contributed by atoms with Crippen molar-refractivity contribution in [1.29, 1.82) is 0 Å². The Hall–Kier alpha value is -5.74. The summed E-state index contributed by atoms with van der Waals surface area (Å²) in [6.07, 6.45) is 0. The number of nitrogens with zero attached hydrogens (tertiary/aromatic N) is 3. The van der Waals surface area contributed by atoms with Crippen molar-refractivity contribution < 1.29 is 4.42 Å². The van der Waals surface area contributed by atoms with Gasteiger partial charge in [-0.05, 0) is 52.2 Å². The maximum Gasteiger partial charge on any atom is 0.247 e. The van der Waals surface area contributed by atoms with Gasteiger partial charge in [-0.1, -0.05) is 109 Å². The summed E-state index contributed by atoms with van der Waals surface area (Å²) in [7, 11) is 0. The average Bonchev–Trinajstić information content (AvgIpc) is 3.58. The van der Waals surface area contributed by atoms with Crippen molar-refractivity contribution in [2.24, 2.45) is 0 Å². The van der Waals surface area contributed by atoms with Gasteiger partial charge in [0.05, 0.1) is 11.0 Å². The van der Waals surface area contributed by atoms with Crippen molar-refractivity contribution in [3.63, 3.8) is 0 Å². The predicted molar refractivity (Wildman–Crippen MR) is 172 cm³/mol. The number of hydrogen-bond donors (Lipinski definition) is 0. The SMILES string of the molecule is c1ccc(-c2ccc3oc4nc(-c5ccccc5)c(-n5c6ccccc6c6cc7ccccc7cc65)nc4c3c2)cc1. The summed E-state index contributed by atoms with van der Waals surface area (Å²) in [5.41, 5.74) is 8.27. The summed E-state index contributed by atoms with van der Waals surface area (Å²) in [4.78, 5) is 10.6. The lowest BCUT2D eigenvalue weighted by atomic mass is 10.0. The topological polar surface area (TPSA) is 43.9 Å². The van der Waals surface area contributed by atoms with E-state index in [4.69, 9.17) is 14.4 Å². The summed E-state index contributed by atoms with van der Waals surface area (Å²) in [5, 5.41) is 5.72. The van der Waals surface area contributed by atoms with Crippen LogP contribution in [-0.2, 0) is 0 Å². The number of rotatable bonds is 3. The van der Waals surface area contributed by atoms with Gasteiger partial charge in [-0.25, -0.2) is 9.97 Å². The van der Waals surface area contributed by atoms with E-state index in [9.17, 15) is 0 Å². The van der Waals surface area contributed by atoms with Crippen LogP contribution in [0.3, 0.4) is 0 Å². The Morgan fingerprint density at radius 1 is 0.476 bits per heavy atom. The van der Waals surface area contributed by atoms with E-state index in [1.165, 1.54) is 21.5 Å². The Labute approximate surface area is 241 Å². The Bertz CT molecular complexity index is 2460. The van der Waals surface area contributed by atoms with Gasteiger partial charge in [-0.15, -0.1) is 0 Å². The lowest BCUT2D eigenvalue weighted by molar-refractivity contribution is 0.653. The summed E-state index contributed by atoms with van der Waals surface area (Å²) in [5.74, 6) is 0.781. The van der Waals surface area contributed by atoms with Crippen molar-refractivity contribution in [2.75, 3.05) is 0 Å². The quantitative estimate of drug-likeness (QED) is 0.225. The van der Waals surface area contributed by atoms with E-state index < -0.39 is 0 Å². The van der Waals surface area contributed by atoms with Crippen LogP contribution in [-0.4, -0.2) is 14.5 Å². The number of aromatic nitrogens is 3. The van der Waals surface area contributed by atoms with Crippen LogP contribution in [0.2, 0.25) is 0 Å². The average molecular weight is 538 g/mol. The highest BCUT2D eigenvalue weighted by Gasteiger charge is 2.22. The molecule has 4 heteroatoms. The fraction of sp³-hybridized carbons (Fsp3) is 0. The smallest absolute Gasteiger partial charge is 0.247 e. The van der Waals surface area contributed by atoms with E-state index in [-0.39, 0.29) is 0 Å². The summed E-state index contributed by atoms with van der Waals surface area (Å²) in [6.45, 7) is 0. The lowest BCUT2D eigenvalue weighted by Crippen LogP contribution is -2.03. The van der Waals surface area contributed by atoms with E-state index in [1.807, 2.05) is 30.3 Å². The molecule has 9 aromatic rings. The van der Waals surface area contributed by atoms with Crippen LogP contribution in [0.1, 0.15) is 0 Å². The van der Waals surface area contributed by atoms with Crippen LogP contribution in [0.25, 0.3) is 83.0 Å². The van der Waals surface area contributed by atoms with E-state index in [1.54, 1.807) is 0 Å². The van der Waals surface area contributed by atoms with Gasteiger partial charge in [0.15, 0.2) is 5.82 Å². The minimum atomic E-state index is 0.532. The monoisotopic (exact) mass is 537 g/mol. The fourth-order valence-corrected chi connectivity index (χ4v) is 6.21. The third kappa shape index (κ3) is 3.42. The lowest BCUT2D eigenvalue weighted by Gasteiger charge is -2.12. The highest BCUT2D eigenvalue weighted by molar-refractivity contribution is 6.14. The molecule has 0 N–H and O–H groups in total. The molecule has 0 aliphatic rings. The van der Waals surface area contributed by atoms with Crippen LogP contribution in [0.4, 0.5) is 0 Å². The molecule has 0 bridgehead atoms. The molecule has 0 saturated carbocycles. The molecule has 42 heavy (non-hydrogen) atoms. The molecule has 0 unspecified atom stereocenters. The van der Waals surface area contributed by atoms with E-state index in [2.05, 4.69) is 114 Å². The summed E-state index contributed by atoms with van der Waals surface area (Å²) in [6, 6.07) is 48.6. The molecule has 3 aromatic heterocycles.